The van der Waals surface area contributed by atoms with Crippen LogP contribution in [0, 0.1) is 0 Å². The first-order valence-corrected chi connectivity index (χ1v) is 3.06. The molecule has 0 aromatic heterocycles. The van der Waals surface area contributed by atoms with Crippen LogP contribution in [-0.4, -0.2) is 24.5 Å². The van der Waals surface area contributed by atoms with Crippen LogP contribution in [0.5, 0.6) is 0 Å². The number of carbonyl (C=O) groups excluding carboxylic acids is 1. The molecule has 0 spiro atoms. The van der Waals surface area contributed by atoms with Crippen LogP contribution in [0.2, 0.25) is 0 Å². The number of rotatable bonds is 2. The molecule has 0 aliphatic heterocycles. The van der Waals surface area contributed by atoms with Crippen LogP contribution in [0.25, 0.3) is 0 Å². The molecule has 0 bridgehead atoms. The second-order valence-electron chi connectivity index (χ2n) is 1.77. The summed E-state index contributed by atoms with van der Waals surface area (Å²) in [5.41, 5.74) is 0. The van der Waals surface area contributed by atoms with Crippen LogP contribution in [0.4, 0.5) is 0 Å². The summed E-state index contributed by atoms with van der Waals surface area (Å²) in [4.78, 5) is 9.98. The third kappa shape index (κ3) is 50.0. The molecule has 0 saturated carbocycles. The Morgan fingerprint density at radius 1 is 1.23 bits per heavy atom. The number of carbonyl (C=O) groups is 1. The van der Waals surface area contributed by atoms with Crippen molar-refractivity contribution in [3.63, 3.8) is 0 Å². The van der Waals surface area contributed by atoms with Gasteiger partial charge in [0.05, 0.1) is 0 Å². The van der Waals surface area contributed by atoms with Gasteiger partial charge in [0.25, 0.3) is 0 Å². The summed E-state index contributed by atoms with van der Waals surface area (Å²) in [6, 6.07) is 0. The van der Waals surface area contributed by atoms with Gasteiger partial charge >= 0.3 is 0 Å². The van der Waals surface area contributed by atoms with Crippen molar-refractivity contribution >= 4 is 5.78 Å². The summed E-state index contributed by atoms with van der Waals surface area (Å²) >= 11 is 0. The van der Waals surface area contributed by atoms with E-state index in [1.165, 1.54) is 13.8 Å². The van der Waals surface area contributed by atoms with Crippen molar-refractivity contribution < 1.29 is 44.1 Å². The first-order valence-electron chi connectivity index (χ1n) is 3.06. The van der Waals surface area contributed by atoms with Crippen LogP contribution >= 0.6 is 0 Å². The Kier molecular flexibility index (Phi) is 31.2. The zero-order valence-electron chi connectivity index (χ0n) is 7.57. The van der Waals surface area contributed by atoms with E-state index in [2.05, 4.69) is 0 Å². The van der Waals surface area contributed by atoms with Crippen LogP contribution in [0.15, 0.2) is 11.8 Å². The molecule has 0 aromatic carbocycles. The number of ketones is 1. The first-order chi connectivity index (χ1) is 5.04. The van der Waals surface area contributed by atoms with Gasteiger partial charge in [-0.2, -0.15) is 13.2 Å². The van der Waals surface area contributed by atoms with Gasteiger partial charge in [-0.1, -0.05) is 6.92 Å². The fourth-order valence-corrected chi connectivity index (χ4v) is 0.286. The van der Waals surface area contributed by atoms with Crippen LogP contribution in [0.1, 0.15) is 13.8 Å². The van der Waals surface area contributed by atoms with Crippen LogP contribution < -0.4 is 15.3 Å². The van der Waals surface area contributed by atoms with Crippen molar-refractivity contribution in [1.82, 2.24) is 0 Å². The summed E-state index contributed by atoms with van der Waals surface area (Å²) in [6.07, 6.45) is 1.06. The van der Waals surface area contributed by atoms with Gasteiger partial charge in [-0.15, -0.1) is 5.76 Å². The Balaban J connectivity index is -0.0000000600. The number of hydrogen-bond acceptors (Lipinski definition) is 4. The van der Waals surface area contributed by atoms with Gasteiger partial charge in [0.15, 0.2) is 5.78 Å². The van der Waals surface area contributed by atoms with Crippen molar-refractivity contribution in [2.24, 2.45) is 0 Å². The predicted molar refractivity (Wildman–Crippen MR) is 37.8 cm³/mol. The molecule has 0 saturated heterocycles. The molecule has 0 rings (SSSR count). The molecule has 0 aliphatic carbocycles. The van der Waals surface area contributed by atoms with Crippen LogP contribution in [-0.2, 0) is 23.4 Å². The van der Waals surface area contributed by atoms with Crippen molar-refractivity contribution in [2.75, 3.05) is 13.2 Å². The fraction of sp³-hybridized carbons (Fsp3) is 0.571. The van der Waals surface area contributed by atoms with Crippen LogP contribution in [0.3, 0.4) is 0 Å². The monoisotopic (exact) mass is 228 g/mol. The predicted octanol–water partition coefficient (Wildman–Crippen LogP) is -3.28. The zero-order valence-corrected chi connectivity index (χ0v) is 8.97. The maximum atomic E-state index is 9.98. The standard InChI is InChI=1S/C5H8O2.C2H4O2.H2O.V/c1-4(6)3-5(2)7;3-1-2-4;;/h3,6H,1-2H3;1-2H2;1H2;/q;-2;;/p-1. The summed E-state index contributed by atoms with van der Waals surface area (Å²) in [7, 11) is 0. The topological polar surface area (TPSA) is 118 Å². The van der Waals surface area contributed by atoms with Gasteiger partial charge in [-0.05, 0) is 13.0 Å². The molecular formula is C7H13O5V-3. The van der Waals surface area contributed by atoms with E-state index in [1.54, 1.807) is 0 Å². The van der Waals surface area contributed by atoms with Gasteiger partial charge < -0.3 is 20.8 Å². The molecular weight excluding hydrogens is 215 g/mol. The SMILES string of the molecule is CC(=O)C=C(C)[O-].O.[O-]CC[O-].[V]. The molecule has 0 aliphatic rings. The third-order valence-corrected chi connectivity index (χ3v) is 0.490. The van der Waals surface area contributed by atoms with Gasteiger partial charge in [0, 0.05) is 18.6 Å². The Morgan fingerprint density at radius 2 is 1.54 bits per heavy atom. The van der Waals surface area contributed by atoms with E-state index in [4.69, 9.17) is 10.2 Å². The average molecular weight is 228 g/mol. The van der Waals surface area contributed by atoms with Crippen molar-refractivity contribution in [3.05, 3.63) is 11.8 Å². The third-order valence-electron chi connectivity index (χ3n) is 0.490. The molecule has 0 amide bonds. The largest absolute Gasteiger partial charge is 0.876 e. The summed E-state index contributed by atoms with van der Waals surface area (Å²) < 4.78 is 0. The van der Waals surface area contributed by atoms with E-state index in [0.29, 0.717) is 0 Å². The average Bonchev–Trinajstić information content (AvgIpc) is 1.85. The summed E-state index contributed by atoms with van der Waals surface area (Å²) in [5, 5.41) is 28.0. The first kappa shape index (κ1) is 23.0. The molecule has 79 valence electrons. The maximum Gasteiger partial charge on any atom is 0.151 e. The van der Waals surface area contributed by atoms with E-state index in [1.807, 2.05) is 0 Å². The maximum absolute atomic E-state index is 9.98. The minimum absolute atomic E-state index is 0. The van der Waals surface area contributed by atoms with E-state index in [0.717, 1.165) is 6.08 Å². The normalized spacial score (nSPS) is 8.46. The van der Waals surface area contributed by atoms with Gasteiger partial charge in [-0.3, -0.25) is 4.79 Å². The summed E-state index contributed by atoms with van der Waals surface area (Å²) in [6.45, 7) is 1.72. The van der Waals surface area contributed by atoms with E-state index in [-0.39, 0.29) is 35.6 Å². The van der Waals surface area contributed by atoms with Crippen molar-refractivity contribution in [3.8, 4) is 0 Å². The second-order valence-corrected chi connectivity index (χ2v) is 1.77. The Labute approximate surface area is 89.3 Å². The molecule has 0 unspecified atom stereocenters. The van der Waals surface area contributed by atoms with Gasteiger partial charge in [-0.25, -0.2) is 0 Å². The number of allylic oxidation sites excluding steroid dienone is 2. The summed E-state index contributed by atoms with van der Waals surface area (Å²) in [5.74, 6) is -0.375. The molecule has 2 N–H and O–H groups in total. The molecule has 0 fully saturated rings. The quantitative estimate of drug-likeness (QED) is 0.363. The Hall–Kier alpha value is -0.326. The zero-order chi connectivity index (χ0) is 9.28. The van der Waals surface area contributed by atoms with Crippen molar-refractivity contribution in [1.29, 1.82) is 0 Å². The molecule has 0 atom stereocenters. The Morgan fingerprint density at radius 3 is 1.54 bits per heavy atom. The minimum Gasteiger partial charge on any atom is -0.876 e. The van der Waals surface area contributed by atoms with Crippen molar-refractivity contribution in [2.45, 2.75) is 13.8 Å². The Bertz CT molecular complexity index is 129. The minimum atomic E-state index is -0.486. The van der Waals surface area contributed by atoms with E-state index in [9.17, 15) is 9.90 Å². The molecule has 6 heteroatoms. The smallest absolute Gasteiger partial charge is 0.151 e. The molecule has 5 nitrogen and oxygen atoms in total. The van der Waals surface area contributed by atoms with Gasteiger partial charge in [0.2, 0.25) is 0 Å². The molecule has 13 heavy (non-hydrogen) atoms. The van der Waals surface area contributed by atoms with E-state index >= 15 is 0 Å². The second kappa shape index (κ2) is 17.7. The molecule has 0 aromatic rings. The van der Waals surface area contributed by atoms with Gasteiger partial charge in [0.1, 0.15) is 0 Å². The molecule has 0 heterocycles. The fourth-order valence-electron chi connectivity index (χ4n) is 0.286. The number of hydrogen-bond donors (Lipinski definition) is 0. The molecule has 1 radical (unpaired) electrons. The van der Waals surface area contributed by atoms with E-state index < -0.39 is 13.2 Å².